The van der Waals surface area contributed by atoms with Crippen molar-refractivity contribution in [3.05, 3.63) is 29.8 Å². The zero-order chi connectivity index (χ0) is 13.9. The van der Waals surface area contributed by atoms with E-state index >= 15 is 0 Å². The van der Waals surface area contributed by atoms with E-state index < -0.39 is 15.3 Å². The Hall–Kier alpha value is -1.58. The van der Waals surface area contributed by atoms with Crippen LogP contribution in [0.1, 0.15) is 18.4 Å². The molecule has 1 aromatic rings. The van der Waals surface area contributed by atoms with E-state index in [0.29, 0.717) is 37.3 Å². The summed E-state index contributed by atoms with van der Waals surface area (Å²) in [6, 6.07) is 8.73. The Morgan fingerprint density at radius 2 is 1.95 bits per heavy atom. The Bertz CT molecular complexity index is 586. The smallest absolute Gasteiger partial charge is 0.238 e. The third-order valence-electron chi connectivity index (χ3n) is 3.34. The summed E-state index contributed by atoms with van der Waals surface area (Å²) in [7, 11) is -1.94. The van der Waals surface area contributed by atoms with Crippen molar-refractivity contribution in [2.45, 2.75) is 18.1 Å². The van der Waals surface area contributed by atoms with Crippen LogP contribution in [0.2, 0.25) is 0 Å². The predicted molar refractivity (Wildman–Crippen MR) is 72.3 cm³/mol. The maximum Gasteiger partial charge on any atom is 0.238 e. The van der Waals surface area contributed by atoms with Gasteiger partial charge >= 0.3 is 0 Å². The molecule has 0 bridgehead atoms. The Morgan fingerprint density at radius 3 is 2.58 bits per heavy atom. The van der Waals surface area contributed by atoms with E-state index in [9.17, 15) is 8.42 Å². The molecule has 0 unspecified atom stereocenters. The van der Waals surface area contributed by atoms with Crippen molar-refractivity contribution in [2.24, 2.45) is 0 Å². The van der Waals surface area contributed by atoms with Gasteiger partial charge in [0.25, 0.3) is 0 Å². The zero-order valence-electron chi connectivity index (χ0n) is 10.7. The first kappa shape index (κ1) is 13.8. The topological polar surface area (TPSA) is 70.4 Å². The molecule has 5 nitrogen and oxygen atoms in total. The fraction of sp³-hybridized carbons (Fsp3) is 0.462. The third-order valence-corrected chi connectivity index (χ3v) is 5.61. The van der Waals surface area contributed by atoms with Crippen LogP contribution in [0.4, 0.5) is 5.69 Å². The van der Waals surface area contributed by atoms with Crippen LogP contribution in [-0.2, 0) is 14.8 Å². The molecule has 0 radical (unpaired) electrons. The molecule has 1 saturated heterocycles. The second-order valence-corrected chi connectivity index (χ2v) is 6.70. The van der Waals surface area contributed by atoms with Crippen molar-refractivity contribution in [1.29, 1.82) is 5.26 Å². The summed E-state index contributed by atoms with van der Waals surface area (Å²) in [4.78, 5) is 0. The van der Waals surface area contributed by atoms with Crippen LogP contribution >= 0.6 is 0 Å². The van der Waals surface area contributed by atoms with Gasteiger partial charge in [-0.05, 0) is 25.0 Å². The fourth-order valence-corrected chi connectivity index (χ4v) is 3.85. The van der Waals surface area contributed by atoms with Crippen LogP contribution in [0.5, 0.6) is 0 Å². The highest BCUT2D eigenvalue weighted by Gasteiger charge is 2.32. The number of nitriles is 1. The van der Waals surface area contributed by atoms with Gasteiger partial charge in [-0.15, -0.1) is 0 Å². The minimum Gasteiger partial charge on any atom is -0.381 e. The summed E-state index contributed by atoms with van der Waals surface area (Å²) in [5.41, 5.74) is 0.789. The number of hydrogen-bond acceptors (Lipinski definition) is 4. The number of para-hydroxylation sites is 1. The summed E-state index contributed by atoms with van der Waals surface area (Å²) < 4.78 is 31.4. The molecule has 0 atom stereocenters. The number of nitrogens with zero attached hydrogens (tertiary/aromatic N) is 2. The van der Waals surface area contributed by atoms with Crippen LogP contribution in [0.3, 0.4) is 0 Å². The molecule has 0 N–H and O–H groups in total. The largest absolute Gasteiger partial charge is 0.381 e. The van der Waals surface area contributed by atoms with Crippen LogP contribution in [0.25, 0.3) is 0 Å². The number of rotatable bonds is 3. The Morgan fingerprint density at radius 1 is 1.32 bits per heavy atom. The van der Waals surface area contributed by atoms with E-state index in [0.717, 1.165) is 0 Å². The lowest BCUT2D eigenvalue weighted by atomic mass is 10.2. The molecule has 19 heavy (non-hydrogen) atoms. The van der Waals surface area contributed by atoms with Gasteiger partial charge < -0.3 is 4.74 Å². The molecule has 1 aromatic carbocycles. The molecule has 102 valence electrons. The molecule has 6 heteroatoms. The highest BCUT2D eigenvalue weighted by atomic mass is 32.2. The lowest BCUT2D eigenvalue weighted by molar-refractivity contribution is 0.0983. The SMILES string of the molecule is CN(c1ccccc1C#N)S(=O)(=O)C1CCOCC1. The second kappa shape index (κ2) is 5.59. The molecule has 1 heterocycles. The predicted octanol–water partition coefficient (Wildman–Crippen LogP) is 1.50. The third kappa shape index (κ3) is 2.72. The first-order chi connectivity index (χ1) is 9.07. The highest BCUT2D eigenvalue weighted by molar-refractivity contribution is 7.93. The normalized spacial score (nSPS) is 16.8. The minimum absolute atomic E-state index is 0.362. The first-order valence-electron chi connectivity index (χ1n) is 6.12. The molecule has 0 amide bonds. The summed E-state index contributed by atoms with van der Waals surface area (Å²) in [5.74, 6) is 0. The Labute approximate surface area is 113 Å². The van der Waals surface area contributed by atoms with Crippen LogP contribution in [0, 0.1) is 11.3 Å². The molecule has 1 aliphatic heterocycles. The van der Waals surface area contributed by atoms with Gasteiger partial charge in [0.1, 0.15) is 6.07 Å². The number of ether oxygens (including phenoxy) is 1. The van der Waals surface area contributed by atoms with Gasteiger partial charge in [0.2, 0.25) is 10.0 Å². The van der Waals surface area contributed by atoms with Gasteiger partial charge in [0.05, 0.1) is 16.5 Å². The molecule has 2 rings (SSSR count). The van der Waals surface area contributed by atoms with E-state index in [2.05, 4.69) is 0 Å². The molecule has 0 spiro atoms. The summed E-state index contributed by atoms with van der Waals surface area (Å²) in [5, 5.41) is 8.62. The van der Waals surface area contributed by atoms with Gasteiger partial charge in [-0.1, -0.05) is 12.1 Å². The van der Waals surface area contributed by atoms with Gasteiger partial charge in [-0.25, -0.2) is 8.42 Å². The van der Waals surface area contributed by atoms with E-state index in [-0.39, 0.29) is 0 Å². The van der Waals surface area contributed by atoms with Crippen LogP contribution in [-0.4, -0.2) is 33.9 Å². The fourth-order valence-electron chi connectivity index (χ4n) is 2.18. The van der Waals surface area contributed by atoms with Gasteiger partial charge in [0.15, 0.2) is 0 Å². The number of sulfonamides is 1. The van der Waals surface area contributed by atoms with Crippen molar-refractivity contribution in [3.8, 4) is 6.07 Å². The van der Waals surface area contributed by atoms with E-state index in [1.807, 2.05) is 6.07 Å². The average Bonchev–Trinajstić information content (AvgIpc) is 2.47. The van der Waals surface area contributed by atoms with E-state index in [1.54, 1.807) is 24.3 Å². The standard InChI is InChI=1S/C13H16N2O3S/c1-15(13-5-3-2-4-11(13)10-14)19(16,17)12-6-8-18-9-7-12/h2-5,12H,6-9H2,1H3. The second-order valence-electron chi connectivity index (χ2n) is 4.45. The van der Waals surface area contributed by atoms with Gasteiger partial charge in [0, 0.05) is 20.3 Å². The molecule has 0 saturated carbocycles. The molecular weight excluding hydrogens is 264 g/mol. The maximum atomic E-state index is 12.5. The van der Waals surface area contributed by atoms with Crippen molar-refractivity contribution in [1.82, 2.24) is 0 Å². The van der Waals surface area contributed by atoms with Crippen LogP contribution in [0.15, 0.2) is 24.3 Å². The molecule has 1 aliphatic rings. The molecule has 0 aromatic heterocycles. The number of benzene rings is 1. The minimum atomic E-state index is -3.45. The zero-order valence-corrected chi connectivity index (χ0v) is 11.6. The first-order valence-corrected chi connectivity index (χ1v) is 7.62. The van der Waals surface area contributed by atoms with E-state index in [1.165, 1.54) is 11.4 Å². The Balaban J connectivity index is 2.32. The summed E-state index contributed by atoms with van der Waals surface area (Å²) >= 11 is 0. The summed E-state index contributed by atoms with van der Waals surface area (Å²) in [6.07, 6.45) is 1.00. The van der Waals surface area contributed by atoms with Crippen LogP contribution < -0.4 is 4.31 Å². The lowest BCUT2D eigenvalue weighted by Gasteiger charge is -2.28. The van der Waals surface area contributed by atoms with Crippen molar-refractivity contribution in [2.75, 3.05) is 24.6 Å². The average molecular weight is 280 g/mol. The van der Waals surface area contributed by atoms with Crippen molar-refractivity contribution >= 4 is 15.7 Å². The molecule has 0 aliphatic carbocycles. The summed E-state index contributed by atoms with van der Waals surface area (Å²) in [6.45, 7) is 0.940. The maximum absolute atomic E-state index is 12.5. The lowest BCUT2D eigenvalue weighted by Crippen LogP contribution is -2.39. The molecule has 1 fully saturated rings. The highest BCUT2D eigenvalue weighted by Crippen LogP contribution is 2.26. The van der Waals surface area contributed by atoms with Gasteiger partial charge in [-0.2, -0.15) is 5.26 Å². The van der Waals surface area contributed by atoms with Gasteiger partial charge in [-0.3, -0.25) is 4.31 Å². The number of hydrogen-bond donors (Lipinski definition) is 0. The number of anilines is 1. The molecular formula is C13H16N2O3S. The van der Waals surface area contributed by atoms with E-state index in [4.69, 9.17) is 10.00 Å². The van der Waals surface area contributed by atoms with Crippen molar-refractivity contribution < 1.29 is 13.2 Å². The Kier molecular flexibility index (Phi) is 4.08. The van der Waals surface area contributed by atoms with Crippen molar-refractivity contribution in [3.63, 3.8) is 0 Å². The monoisotopic (exact) mass is 280 g/mol. The quantitative estimate of drug-likeness (QED) is 0.841.